The van der Waals surface area contributed by atoms with Gasteiger partial charge in [-0.3, -0.25) is 4.79 Å². The molecule has 0 radical (unpaired) electrons. The van der Waals surface area contributed by atoms with Gasteiger partial charge >= 0.3 is 5.97 Å². The Labute approximate surface area is 171 Å². The maximum atomic E-state index is 12.7. The molecule has 1 atom stereocenters. The second-order valence-electron chi connectivity index (χ2n) is 6.00. The fraction of sp³-hybridized carbons (Fsp3) is 0.238. The van der Waals surface area contributed by atoms with Crippen molar-refractivity contribution in [2.45, 2.75) is 20.0 Å². The lowest BCUT2D eigenvalue weighted by Gasteiger charge is -2.13. The summed E-state index contributed by atoms with van der Waals surface area (Å²) in [5.41, 5.74) is 1.14. The summed E-state index contributed by atoms with van der Waals surface area (Å²) in [4.78, 5) is 24.4. The van der Waals surface area contributed by atoms with Crippen LogP contribution < -0.4 is 14.2 Å². The van der Waals surface area contributed by atoms with Crippen LogP contribution in [-0.4, -0.2) is 31.6 Å². The molecule has 0 fully saturated rings. The van der Waals surface area contributed by atoms with Crippen molar-refractivity contribution in [2.24, 2.45) is 0 Å². The highest BCUT2D eigenvalue weighted by Crippen LogP contribution is 2.36. The van der Waals surface area contributed by atoms with Crippen molar-refractivity contribution in [3.63, 3.8) is 0 Å². The van der Waals surface area contributed by atoms with Crippen LogP contribution in [0.5, 0.6) is 17.2 Å². The Morgan fingerprint density at radius 3 is 2.75 bits per heavy atom. The Morgan fingerprint density at radius 2 is 2.04 bits per heavy atom. The summed E-state index contributed by atoms with van der Waals surface area (Å²) in [7, 11) is 1.56. The molecule has 7 heteroatoms. The summed E-state index contributed by atoms with van der Waals surface area (Å²) >= 11 is 3.41. The first-order valence-electron chi connectivity index (χ1n) is 8.68. The third-order valence-corrected chi connectivity index (χ3v) is 4.54. The molecular weight excluding hydrogens is 428 g/mol. The number of halogens is 1. The Morgan fingerprint density at radius 1 is 1.25 bits per heavy atom. The van der Waals surface area contributed by atoms with Gasteiger partial charge < -0.3 is 18.9 Å². The van der Waals surface area contributed by atoms with Crippen molar-refractivity contribution in [1.82, 2.24) is 0 Å². The number of rotatable bonds is 6. The van der Waals surface area contributed by atoms with Crippen LogP contribution in [0.4, 0.5) is 0 Å². The highest BCUT2D eigenvalue weighted by molar-refractivity contribution is 9.10. The number of esters is 1. The standard InChI is InChI=1S/C21H19BrO6/c1-4-26-21(24)12(2)27-15-6-7-16-18(11-15)28-19(20(16)23)10-13-9-14(22)5-8-17(13)25-3/h5-12H,4H2,1-3H3/t12-/m0/s1. The van der Waals surface area contributed by atoms with Gasteiger partial charge in [0.15, 0.2) is 11.9 Å². The molecule has 3 rings (SSSR count). The third kappa shape index (κ3) is 4.20. The molecule has 1 aliphatic heterocycles. The number of hydrogen-bond acceptors (Lipinski definition) is 6. The van der Waals surface area contributed by atoms with Crippen LogP contribution in [0.2, 0.25) is 0 Å². The number of methoxy groups -OCH3 is 1. The first-order chi connectivity index (χ1) is 13.4. The van der Waals surface area contributed by atoms with E-state index < -0.39 is 12.1 Å². The van der Waals surface area contributed by atoms with Gasteiger partial charge in [-0.15, -0.1) is 0 Å². The lowest BCUT2D eigenvalue weighted by atomic mass is 10.1. The number of carbonyl (C=O) groups excluding carboxylic acids is 2. The molecule has 0 aromatic heterocycles. The number of allylic oxidation sites excluding steroid dienone is 1. The number of hydrogen-bond donors (Lipinski definition) is 0. The van der Waals surface area contributed by atoms with E-state index in [1.807, 2.05) is 12.1 Å². The Hall–Kier alpha value is -2.80. The van der Waals surface area contributed by atoms with Gasteiger partial charge in [0.1, 0.15) is 17.2 Å². The lowest BCUT2D eigenvalue weighted by Crippen LogP contribution is -2.26. The molecule has 6 nitrogen and oxygen atoms in total. The minimum Gasteiger partial charge on any atom is -0.496 e. The monoisotopic (exact) mass is 446 g/mol. The van der Waals surface area contributed by atoms with E-state index in [-0.39, 0.29) is 18.1 Å². The first-order valence-corrected chi connectivity index (χ1v) is 9.47. The van der Waals surface area contributed by atoms with Gasteiger partial charge in [-0.2, -0.15) is 0 Å². The van der Waals surface area contributed by atoms with Crippen LogP contribution >= 0.6 is 15.9 Å². The molecule has 0 bridgehead atoms. The number of ether oxygens (including phenoxy) is 4. The number of carbonyl (C=O) groups is 2. The number of benzene rings is 2. The van der Waals surface area contributed by atoms with Gasteiger partial charge in [0, 0.05) is 16.1 Å². The van der Waals surface area contributed by atoms with Crippen LogP contribution in [0, 0.1) is 0 Å². The molecule has 0 saturated carbocycles. The smallest absolute Gasteiger partial charge is 0.347 e. The topological polar surface area (TPSA) is 71.1 Å². The normalized spacial score (nSPS) is 15.0. The molecule has 1 aliphatic rings. The summed E-state index contributed by atoms with van der Waals surface area (Å²) in [6, 6.07) is 10.3. The quantitative estimate of drug-likeness (QED) is 0.483. The summed E-state index contributed by atoms with van der Waals surface area (Å²) in [5.74, 6) is 0.897. The highest BCUT2D eigenvalue weighted by Gasteiger charge is 2.28. The second kappa shape index (κ2) is 8.48. The van der Waals surface area contributed by atoms with Crippen LogP contribution in [0.25, 0.3) is 6.08 Å². The Kier molecular flexibility index (Phi) is 6.04. The summed E-state index contributed by atoms with van der Waals surface area (Å²) in [6.45, 7) is 3.61. The van der Waals surface area contributed by atoms with Crippen molar-refractivity contribution in [3.05, 3.63) is 57.8 Å². The van der Waals surface area contributed by atoms with Gasteiger partial charge in [0.05, 0.1) is 19.3 Å². The number of Topliss-reactive ketones (excluding diaryl/α,β-unsaturated/α-hetero) is 1. The predicted molar refractivity (Wildman–Crippen MR) is 107 cm³/mol. The van der Waals surface area contributed by atoms with Gasteiger partial charge in [-0.05, 0) is 50.3 Å². The molecule has 2 aromatic carbocycles. The fourth-order valence-electron chi connectivity index (χ4n) is 2.71. The second-order valence-corrected chi connectivity index (χ2v) is 6.91. The lowest BCUT2D eigenvalue weighted by molar-refractivity contribution is -0.150. The molecule has 28 heavy (non-hydrogen) atoms. The summed E-state index contributed by atoms with van der Waals surface area (Å²) in [5, 5.41) is 0. The van der Waals surface area contributed by atoms with Crippen LogP contribution in [-0.2, 0) is 9.53 Å². The molecule has 0 saturated heterocycles. The summed E-state index contributed by atoms with van der Waals surface area (Å²) < 4.78 is 22.4. The van der Waals surface area contributed by atoms with E-state index in [0.717, 1.165) is 4.47 Å². The zero-order valence-corrected chi connectivity index (χ0v) is 17.2. The molecule has 2 aromatic rings. The van der Waals surface area contributed by atoms with Crippen molar-refractivity contribution in [3.8, 4) is 17.2 Å². The van der Waals surface area contributed by atoms with Gasteiger partial charge in [0.2, 0.25) is 5.78 Å². The molecule has 0 spiro atoms. The van der Waals surface area contributed by atoms with Crippen LogP contribution in [0.1, 0.15) is 29.8 Å². The minimum absolute atomic E-state index is 0.182. The molecule has 0 N–H and O–H groups in total. The van der Waals surface area contributed by atoms with E-state index in [0.29, 0.717) is 28.4 Å². The SMILES string of the molecule is CCOC(=O)[C@H](C)Oc1ccc2c(c1)OC(=Cc1cc(Br)ccc1OC)C2=O. The van der Waals surface area contributed by atoms with Crippen LogP contribution in [0.15, 0.2) is 46.6 Å². The summed E-state index contributed by atoms with van der Waals surface area (Å²) in [6.07, 6.45) is 0.865. The maximum absolute atomic E-state index is 12.7. The maximum Gasteiger partial charge on any atom is 0.347 e. The molecule has 0 unspecified atom stereocenters. The molecular formula is C21H19BrO6. The van der Waals surface area contributed by atoms with Gasteiger partial charge in [0.25, 0.3) is 0 Å². The van der Waals surface area contributed by atoms with Crippen LogP contribution in [0.3, 0.4) is 0 Å². The average molecular weight is 447 g/mol. The van der Waals surface area contributed by atoms with Gasteiger partial charge in [-0.25, -0.2) is 4.79 Å². The molecule has 146 valence electrons. The van der Waals surface area contributed by atoms with Crippen molar-refractivity contribution in [2.75, 3.05) is 13.7 Å². The van der Waals surface area contributed by atoms with Crippen molar-refractivity contribution in [1.29, 1.82) is 0 Å². The van der Waals surface area contributed by atoms with E-state index in [2.05, 4.69) is 15.9 Å². The predicted octanol–water partition coefficient (Wildman–Crippen LogP) is 4.40. The van der Waals surface area contributed by atoms with E-state index in [1.54, 1.807) is 51.3 Å². The highest BCUT2D eigenvalue weighted by atomic mass is 79.9. The third-order valence-electron chi connectivity index (χ3n) is 4.05. The van der Waals surface area contributed by atoms with Crippen molar-refractivity contribution >= 4 is 33.8 Å². The number of ketones is 1. The number of fused-ring (bicyclic) bond motifs is 1. The van der Waals surface area contributed by atoms with E-state index in [9.17, 15) is 9.59 Å². The largest absolute Gasteiger partial charge is 0.496 e. The van der Waals surface area contributed by atoms with Crippen molar-refractivity contribution < 1.29 is 28.5 Å². The first kappa shape index (κ1) is 19.9. The zero-order chi connectivity index (χ0) is 20.3. The molecule has 0 amide bonds. The average Bonchev–Trinajstić information content (AvgIpc) is 2.97. The zero-order valence-electron chi connectivity index (χ0n) is 15.7. The fourth-order valence-corrected chi connectivity index (χ4v) is 3.09. The van der Waals surface area contributed by atoms with E-state index >= 15 is 0 Å². The molecule has 0 aliphatic carbocycles. The van der Waals surface area contributed by atoms with E-state index in [1.165, 1.54) is 0 Å². The Balaban J connectivity index is 1.83. The minimum atomic E-state index is -0.768. The van der Waals surface area contributed by atoms with E-state index in [4.69, 9.17) is 18.9 Å². The molecule has 1 heterocycles. The van der Waals surface area contributed by atoms with Gasteiger partial charge in [-0.1, -0.05) is 15.9 Å². The Bertz CT molecular complexity index is 950.